The number of nitrogens with zero attached hydrogens (tertiary/aromatic N) is 1. The molecule has 0 saturated heterocycles. The van der Waals surface area contributed by atoms with Gasteiger partial charge in [-0.1, -0.05) is 95.8 Å². The van der Waals surface area contributed by atoms with E-state index in [4.69, 9.17) is 23.2 Å². The lowest BCUT2D eigenvalue weighted by molar-refractivity contribution is -0.141. The van der Waals surface area contributed by atoms with Crippen LogP contribution in [0.3, 0.4) is 0 Å². The molecule has 6 heteroatoms. The van der Waals surface area contributed by atoms with Crippen LogP contribution in [0.15, 0.2) is 66.7 Å². The summed E-state index contributed by atoms with van der Waals surface area (Å²) < 4.78 is 0. The van der Waals surface area contributed by atoms with Gasteiger partial charge in [-0.15, -0.1) is 0 Å². The van der Waals surface area contributed by atoms with Gasteiger partial charge in [-0.3, -0.25) is 9.59 Å². The second-order valence-electron chi connectivity index (χ2n) is 9.42. The number of halogens is 2. The van der Waals surface area contributed by atoms with Crippen LogP contribution < -0.4 is 5.32 Å². The average molecular weight is 526 g/mol. The Bertz CT molecular complexity index is 1160. The van der Waals surface area contributed by atoms with Gasteiger partial charge in [0.05, 0.1) is 6.42 Å². The largest absolute Gasteiger partial charge is 0.352 e. The van der Waals surface area contributed by atoms with E-state index in [0.717, 1.165) is 28.7 Å². The van der Waals surface area contributed by atoms with E-state index in [1.54, 1.807) is 23.1 Å². The van der Waals surface area contributed by atoms with Crippen molar-refractivity contribution in [2.24, 2.45) is 0 Å². The molecule has 4 nitrogen and oxygen atoms in total. The van der Waals surface area contributed by atoms with Crippen molar-refractivity contribution in [3.05, 3.63) is 105 Å². The summed E-state index contributed by atoms with van der Waals surface area (Å²) in [5.41, 5.74) is 4.69. The molecule has 0 radical (unpaired) electrons. The van der Waals surface area contributed by atoms with Gasteiger partial charge in [0.15, 0.2) is 0 Å². The third-order valence-corrected chi connectivity index (χ3v) is 7.01. The SMILES string of the molecule is CC[C@@H](C)NC(=O)[C@H](Cc1ccccc1)N(Cc1c(Cl)cccc1Cl)C(=O)Cc1cc(C)cc(C)c1. The van der Waals surface area contributed by atoms with Gasteiger partial charge in [-0.05, 0) is 50.5 Å². The van der Waals surface area contributed by atoms with Crippen molar-refractivity contribution >= 4 is 35.0 Å². The monoisotopic (exact) mass is 524 g/mol. The molecule has 36 heavy (non-hydrogen) atoms. The minimum absolute atomic E-state index is 0.0175. The number of amides is 2. The van der Waals surface area contributed by atoms with E-state index in [-0.39, 0.29) is 30.8 Å². The fourth-order valence-corrected chi connectivity index (χ4v) is 4.81. The molecule has 0 unspecified atom stereocenters. The van der Waals surface area contributed by atoms with E-state index in [9.17, 15) is 9.59 Å². The molecule has 1 N–H and O–H groups in total. The highest BCUT2D eigenvalue weighted by atomic mass is 35.5. The molecule has 0 aliphatic carbocycles. The Labute approximate surface area is 224 Å². The van der Waals surface area contributed by atoms with Crippen LogP contribution >= 0.6 is 23.2 Å². The Hall–Kier alpha value is -2.82. The zero-order valence-electron chi connectivity index (χ0n) is 21.4. The summed E-state index contributed by atoms with van der Waals surface area (Å²) in [4.78, 5) is 29.2. The van der Waals surface area contributed by atoms with Crippen LogP contribution in [-0.2, 0) is 29.0 Å². The third-order valence-electron chi connectivity index (χ3n) is 6.30. The third kappa shape index (κ3) is 7.59. The summed E-state index contributed by atoms with van der Waals surface area (Å²) in [6, 6.07) is 20.4. The molecule has 0 heterocycles. The fraction of sp³-hybridized carbons (Fsp3) is 0.333. The summed E-state index contributed by atoms with van der Waals surface area (Å²) in [5.74, 6) is -0.346. The smallest absolute Gasteiger partial charge is 0.243 e. The summed E-state index contributed by atoms with van der Waals surface area (Å²) in [7, 11) is 0. The average Bonchev–Trinajstić information content (AvgIpc) is 2.82. The Morgan fingerprint density at radius 1 is 0.889 bits per heavy atom. The molecule has 0 spiro atoms. The Morgan fingerprint density at radius 2 is 1.50 bits per heavy atom. The lowest BCUT2D eigenvalue weighted by Gasteiger charge is -2.33. The number of nitrogens with one attached hydrogen (secondary N) is 1. The molecule has 2 atom stereocenters. The Kier molecular flexibility index (Phi) is 9.98. The number of benzene rings is 3. The lowest BCUT2D eigenvalue weighted by atomic mass is 10.00. The Morgan fingerprint density at radius 3 is 2.08 bits per heavy atom. The fourth-order valence-electron chi connectivity index (χ4n) is 4.30. The van der Waals surface area contributed by atoms with E-state index in [1.807, 2.05) is 70.2 Å². The molecule has 190 valence electrons. The summed E-state index contributed by atoms with van der Waals surface area (Å²) >= 11 is 13.0. The minimum atomic E-state index is -0.729. The van der Waals surface area contributed by atoms with Crippen molar-refractivity contribution in [3.8, 4) is 0 Å². The van der Waals surface area contributed by atoms with Gasteiger partial charge in [0.2, 0.25) is 11.8 Å². The van der Waals surface area contributed by atoms with Gasteiger partial charge in [0.25, 0.3) is 0 Å². The van der Waals surface area contributed by atoms with Gasteiger partial charge in [0.1, 0.15) is 6.04 Å². The highest BCUT2D eigenvalue weighted by Crippen LogP contribution is 2.28. The van der Waals surface area contributed by atoms with Gasteiger partial charge in [-0.25, -0.2) is 0 Å². The first-order valence-corrected chi connectivity index (χ1v) is 13.1. The first kappa shape index (κ1) is 27.8. The van der Waals surface area contributed by atoms with Gasteiger partial charge in [0, 0.05) is 34.6 Å². The molecule has 3 aromatic rings. The number of aryl methyl sites for hydroxylation is 2. The number of carbonyl (C=O) groups is 2. The van der Waals surface area contributed by atoms with Crippen LogP contribution in [0.2, 0.25) is 10.0 Å². The topological polar surface area (TPSA) is 49.4 Å². The maximum atomic E-state index is 13.9. The molecule has 3 aromatic carbocycles. The molecule has 0 aliphatic rings. The minimum Gasteiger partial charge on any atom is -0.352 e. The van der Waals surface area contributed by atoms with E-state index in [1.165, 1.54) is 0 Å². The van der Waals surface area contributed by atoms with E-state index < -0.39 is 6.04 Å². The van der Waals surface area contributed by atoms with Crippen molar-refractivity contribution < 1.29 is 9.59 Å². The quantitative estimate of drug-likeness (QED) is 0.320. The number of rotatable bonds is 10. The summed E-state index contributed by atoms with van der Waals surface area (Å²) in [6.45, 7) is 8.14. The second-order valence-corrected chi connectivity index (χ2v) is 10.2. The summed E-state index contributed by atoms with van der Waals surface area (Å²) in [5, 5.41) is 4.01. The van der Waals surface area contributed by atoms with Crippen LogP contribution in [0.25, 0.3) is 0 Å². The highest BCUT2D eigenvalue weighted by molar-refractivity contribution is 6.36. The first-order valence-electron chi connectivity index (χ1n) is 12.3. The van der Waals surface area contributed by atoms with Crippen molar-refractivity contribution in [1.82, 2.24) is 10.2 Å². The predicted octanol–water partition coefficient (Wildman–Crippen LogP) is 6.71. The maximum Gasteiger partial charge on any atom is 0.243 e. The van der Waals surface area contributed by atoms with E-state index >= 15 is 0 Å². The predicted molar refractivity (Wildman–Crippen MR) is 148 cm³/mol. The molecule has 0 bridgehead atoms. The first-order chi connectivity index (χ1) is 17.2. The highest BCUT2D eigenvalue weighted by Gasteiger charge is 2.32. The number of hydrogen-bond acceptors (Lipinski definition) is 2. The van der Waals surface area contributed by atoms with Crippen LogP contribution in [0.1, 0.15) is 48.1 Å². The Balaban J connectivity index is 2.04. The molecule has 0 saturated carbocycles. The molecule has 2 amide bonds. The van der Waals surface area contributed by atoms with Crippen LogP contribution in [0.5, 0.6) is 0 Å². The molecule has 3 rings (SSSR count). The van der Waals surface area contributed by atoms with Crippen LogP contribution in [0, 0.1) is 13.8 Å². The van der Waals surface area contributed by atoms with Crippen molar-refractivity contribution in [1.29, 1.82) is 0 Å². The van der Waals surface area contributed by atoms with Gasteiger partial charge < -0.3 is 10.2 Å². The van der Waals surface area contributed by atoms with Gasteiger partial charge >= 0.3 is 0 Å². The van der Waals surface area contributed by atoms with E-state index in [0.29, 0.717) is 22.0 Å². The second kappa shape index (κ2) is 12.9. The summed E-state index contributed by atoms with van der Waals surface area (Å²) in [6.07, 6.45) is 1.34. The molecule has 0 aliphatic heterocycles. The maximum absolute atomic E-state index is 13.9. The molecular weight excluding hydrogens is 491 g/mol. The van der Waals surface area contributed by atoms with Crippen molar-refractivity contribution in [2.75, 3.05) is 0 Å². The molecule has 0 aromatic heterocycles. The number of hydrogen-bond donors (Lipinski definition) is 1. The van der Waals surface area contributed by atoms with Crippen molar-refractivity contribution in [3.63, 3.8) is 0 Å². The van der Waals surface area contributed by atoms with Crippen LogP contribution in [0.4, 0.5) is 0 Å². The van der Waals surface area contributed by atoms with Crippen molar-refractivity contribution in [2.45, 2.75) is 65.6 Å². The van der Waals surface area contributed by atoms with E-state index in [2.05, 4.69) is 11.4 Å². The van der Waals surface area contributed by atoms with Crippen LogP contribution in [-0.4, -0.2) is 28.8 Å². The molecule has 0 fully saturated rings. The number of carbonyl (C=O) groups excluding carboxylic acids is 2. The van der Waals surface area contributed by atoms with Gasteiger partial charge in [-0.2, -0.15) is 0 Å². The molecular formula is C30H34Cl2N2O2. The standard InChI is InChI=1S/C30H34Cl2N2O2/c1-5-22(4)33-30(36)28(17-23-10-7-6-8-11-23)34(19-25-26(31)12-9-13-27(25)32)29(35)18-24-15-20(2)14-21(3)16-24/h6-16,22,28H,5,17-19H2,1-4H3,(H,33,36)/t22-,28+/m1/s1. The lowest BCUT2D eigenvalue weighted by Crippen LogP contribution is -2.52. The zero-order valence-corrected chi connectivity index (χ0v) is 22.9. The normalized spacial score (nSPS) is 12.6. The zero-order chi connectivity index (χ0) is 26.2.